The molecule has 0 aromatic carbocycles. The van der Waals surface area contributed by atoms with Crippen LogP contribution in [0, 0.1) is 0 Å². The first-order chi connectivity index (χ1) is 9.20. The van der Waals surface area contributed by atoms with E-state index in [0.717, 1.165) is 0 Å². The quantitative estimate of drug-likeness (QED) is 0.262. The maximum atomic E-state index is 12.0. The Balaban J connectivity index is 2.05. The van der Waals surface area contributed by atoms with E-state index in [1.165, 1.54) is 4.90 Å². The van der Waals surface area contributed by atoms with Gasteiger partial charge in [-0.1, -0.05) is 6.08 Å². The molecule has 2 atom stereocenters. The normalized spacial score (nSPS) is 25.8. The lowest BCUT2D eigenvalue weighted by Crippen LogP contribution is -2.52. The van der Waals surface area contributed by atoms with Crippen molar-refractivity contribution >= 4 is 22.1 Å². The Bertz CT molecular complexity index is 573. The predicted octanol–water partition coefficient (Wildman–Crippen LogP) is -2.32. The van der Waals surface area contributed by atoms with Crippen molar-refractivity contribution in [2.75, 3.05) is 13.2 Å². The lowest BCUT2D eigenvalue weighted by atomic mass is 10.0. The molecule has 0 spiro atoms. The van der Waals surface area contributed by atoms with Crippen molar-refractivity contribution in [2.45, 2.75) is 19.0 Å². The molecule has 0 saturated carbocycles. The first-order valence-electron chi connectivity index (χ1n) is 5.73. The molecule has 2 heterocycles. The van der Waals surface area contributed by atoms with Crippen molar-refractivity contribution in [2.24, 2.45) is 5.14 Å². The lowest BCUT2D eigenvalue weighted by molar-refractivity contribution is -0.124. The van der Waals surface area contributed by atoms with Gasteiger partial charge < -0.3 is 10.2 Å². The van der Waals surface area contributed by atoms with Gasteiger partial charge in [0.1, 0.15) is 6.04 Å². The van der Waals surface area contributed by atoms with E-state index in [9.17, 15) is 23.2 Å². The first kappa shape index (κ1) is 14.7. The van der Waals surface area contributed by atoms with Crippen molar-refractivity contribution in [1.29, 1.82) is 0 Å². The number of nitrogens with two attached hydrogens (primary N) is 1. The SMILES string of the molecule is CC1=C[C@@H]2CN(C(=O)N2O)[C@@H]1C(=O)NCNS(N)(=O)=O. The van der Waals surface area contributed by atoms with E-state index in [2.05, 4.69) is 5.32 Å². The van der Waals surface area contributed by atoms with Crippen LogP contribution in [0.15, 0.2) is 11.6 Å². The molecular formula is C9H15N5O5S. The number of rotatable bonds is 4. The highest BCUT2D eigenvalue weighted by Crippen LogP contribution is 2.27. The van der Waals surface area contributed by atoms with E-state index >= 15 is 0 Å². The second kappa shape index (κ2) is 5.01. The third-order valence-electron chi connectivity index (χ3n) is 3.12. The Morgan fingerprint density at radius 2 is 2.25 bits per heavy atom. The van der Waals surface area contributed by atoms with Gasteiger partial charge in [0, 0.05) is 0 Å². The summed E-state index contributed by atoms with van der Waals surface area (Å²) >= 11 is 0. The monoisotopic (exact) mass is 305 g/mol. The number of carbonyl (C=O) groups excluding carboxylic acids is 2. The smallest absolute Gasteiger partial charge is 0.340 e. The van der Waals surface area contributed by atoms with E-state index < -0.39 is 34.2 Å². The molecule has 2 aliphatic heterocycles. The van der Waals surface area contributed by atoms with Crippen molar-refractivity contribution in [3.63, 3.8) is 0 Å². The molecule has 2 bridgehead atoms. The molecule has 2 rings (SSSR count). The highest BCUT2D eigenvalue weighted by Gasteiger charge is 2.46. The van der Waals surface area contributed by atoms with Crippen LogP contribution in [0.5, 0.6) is 0 Å². The van der Waals surface area contributed by atoms with Crippen LogP contribution in [0.2, 0.25) is 0 Å². The van der Waals surface area contributed by atoms with E-state index in [4.69, 9.17) is 5.14 Å². The summed E-state index contributed by atoms with van der Waals surface area (Å²) < 4.78 is 23.3. The second-order valence-electron chi connectivity index (χ2n) is 4.57. The minimum absolute atomic E-state index is 0.202. The molecule has 112 valence electrons. The molecule has 0 unspecified atom stereocenters. The van der Waals surface area contributed by atoms with Crippen molar-refractivity contribution in [3.8, 4) is 0 Å². The number of hydrogen-bond acceptors (Lipinski definition) is 5. The number of hydroxylamine groups is 2. The maximum absolute atomic E-state index is 12.0. The summed E-state index contributed by atoms with van der Waals surface area (Å²) in [5.41, 5.74) is 0.597. The van der Waals surface area contributed by atoms with Crippen LogP contribution < -0.4 is 15.2 Å². The standard InChI is InChI=1S/C9H15N5O5S/c1-5-2-6-3-13(9(16)14(6)17)7(5)8(15)11-4-12-20(10,18)19/h2,6-7,12,17H,3-4H2,1H3,(H,11,15)(H2,10,18,19)/t6-,7+/m1/s1. The van der Waals surface area contributed by atoms with E-state index in [0.29, 0.717) is 10.6 Å². The molecule has 5 N–H and O–H groups in total. The summed E-state index contributed by atoms with van der Waals surface area (Å²) in [7, 11) is -3.90. The molecule has 3 amide bonds. The number of urea groups is 1. The molecule has 0 aliphatic carbocycles. The van der Waals surface area contributed by atoms with E-state index in [1.807, 2.05) is 4.72 Å². The number of nitrogens with zero attached hydrogens (tertiary/aromatic N) is 2. The molecule has 0 radical (unpaired) electrons. The highest BCUT2D eigenvalue weighted by molar-refractivity contribution is 7.87. The van der Waals surface area contributed by atoms with E-state index in [-0.39, 0.29) is 13.2 Å². The average Bonchev–Trinajstić information content (AvgIpc) is 2.53. The van der Waals surface area contributed by atoms with Crippen LogP contribution in [-0.2, 0) is 15.0 Å². The molecule has 0 aromatic rings. The zero-order chi connectivity index (χ0) is 15.1. The van der Waals surface area contributed by atoms with Gasteiger partial charge in [0.15, 0.2) is 0 Å². The summed E-state index contributed by atoms with van der Waals surface area (Å²) in [6.45, 7) is 1.48. The number of nitrogens with one attached hydrogen (secondary N) is 2. The summed E-state index contributed by atoms with van der Waals surface area (Å²) in [5.74, 6) is -0.558. The Morgan fingerprint density at radius 3 is 2.85 bits per heavy atom. The van der Waals surface area contributed by atoms with Crippen molar-refractivity contribution in [3.05, 3.63) is 11.6 Å². The van der Waals surface area contributed by atoms with Gasteiger partial charge in [0.2, 0.25) is 5.91 Å². The average molecular weight is 305 g/mol. The van der Waals surface area contributed by atoms with Crippen LogP contribution in [0.4, 0.5) is 4.79 Å². The molecule has 2 aliphatic rings. The van der Waals surface area contributed by atoms with Gasteiger partial charge in [0.05, 0.1) is 19.3 Å². The first-order valence-corrected chi connectivity index (χ1v) is 7.27. The van der Waals surface area contributed by atoms with Crippen LogP contribution in [0.1, 0.15) is 6.92 Å². The molecule has 0 aromatic heterocycles. The summed E-state index contributed by atoms with van der Waals surface area (Å²) in [6.07, 6.45) is 1.62. The zero-order valence-corrected chi connectivity index (χ0v) is 11.4. The number of fused-ring (bicyclic) bond motifs is 2. The summed E-state index contributed by atoms with van der Waals surface area (Å²) in [6, 6.07) is -2.00. The minimum Gasteiger partial charge on any atom is -0.340 e. The molecule has 11 heteroatoms. The Labute approximate surface area is 115 Å². The van der Waals surface area contributed by atoms with Crippen molar-refractivity contribution in [1.82, 2.24) is 20.0 Å². The van der Waals surface area contributed by atoms with Gasteiger partial charge in [0.25, 0.3) is 10.2 Å². The van der Waals surface area contributed by atoms with Gasteiger partial charge in [-0.2, -0.15) is 18.2 Å². The Kier molecular flexibility index (Phi) is 3.69. The fourth-order valence-electron chi connectivity index (χ4n) is 2.28. The van der Waals surface area contributed by atoms with Gasteiger partial charge in [-0.25, -0.2) is 9.93 Å². The molecule has 1 saturated heterocycles. The Hall–Kier alpha value is -1.69. The zero-order valence-electron chi connectivity index (χ0n) is 10.6. The number of carbonyl (C=O) groups is 2. The van der Waals surface area contributed by atoms with Crippen LogP contribution in [0.25, 0.3) is 0 Å². The van der Waals surface area contributed by atoms with Gasteiger partial charge in [-0.05, 0) is 12.5 Å². The van der Waals surface area contributed by atoms with Gasteiger partial charge in [-0.3, -0.25) is 10.0 Å². The highest BCUT2D eigenvalue weighted by atomic mass is 32.2. The molecule has 10 nitrogen and oxygen atoms in total. The van der Waals surface area contributed by atoms with Crippen LogP contribution >= 0.6 is 0 Å². The van der Waals surface area contributed by atoms with Crippen LogP contribution in [-0.4, -0.2) is 60.8 Å². The third-order valence-corrected chi connectivity index (χ3v) is 3.67. The molecule has 1 fully saturated rings. The van der Waals surface area contributed by atoms with Crippen molar-refractivity contribution < 1.29 is 23.2 Å². The third kappa shape index (κ3) is 2.75. The van der Waals surface area contributed by atoms with Gasteiger partial charge >= 0.3 is 6.03 Å². The Morgan fingerprint density at radius 1 is 1.60 bits per heavy atom. The maximum Gasteiger partial charge on any atom is 0.345 e. The minimum atomic E-state index is -3.90. The summed E-state index contributed by atoms with van der Waals surface area (Å²) in [4.78, 5) is 25.0. The molecular weight excluding hydrogens is 290 g/mol. The second-order valence-corrected chi connectivity index (χ2v) is 5.95. The largest absolute Gasteiger partial charge is 0.345 e. The van der Waals surface area contributed by atoms with Gasteiger partial charge in [-0.15, -0.1) is 0 Å². The lowest BCUT2D eigenvalue weighted by Gasteiger charge is -2.29. The molecule has 20 heavy (non-hydrogen) atoms. The number of amides is 3. The fourth-order valence-corrected chi connectivity index (χ4v) is 2.55. The predicted molar refractivity (Wildman–Crippen MR) is 66.3 cm³/mol. The number of hydrogen-bond donors (Lipinski definition) is 4. The van der Waals surface area contributed by atoms with Crippen LogP contribution in [0.3, 0.4) is 0 Å². The topological polar surface area (TPSA) is 145 Å². The van der Waals surface area contributed by atoms with E-state index in [1.54, 1.807) is 13.0 Å². The summed E-state index contributed by atoms with van der Waals surface area (Å²) in [5, 5.41) is 17.1. The fraction of sp³-hybridized carbons (Fsp3) is 0.556.